The molecule has 0 aliphatic carbocycles. The van der Waals surface area contributed by atoms with Crippen LogP contribution in [0.5, 0.6) is 0 Å². The summed E-state index contributed by atoms with van der Waals surface area (Å²) < 4.78 is 26.7. The Bertz CT molecular complexity index is 1370. The maximum Gasteiger partial charge on any atom is 0.323 e. The molecule has 0 aliphatic heterocycles. The summed E-state index contributed by atoms with van der Waals surface area (Å²) in [5, 5.41) is 19.1. The average Bonchev–Trinajstić information content (AvgIpc) is 2.79. The van der Waals surface area contributed by atoms with Gasteiger partial charge in [0.05, 0.1) is 22.2 Å². The summed E-state index contributed by atoms with van der Waals surface area (Å²) >= 11 is 0. The Morgan fingerprint density at radius 1 is 0.939 bits per heavy atom. The molecule has 2 amide bonds. The van der Waals surface area contributed by atoms with E-state index in [9.17, 15) is 23.7 Å². The van der Waals surface area contributed by atoms with Crippen molar-refractivity contribution in [3.05, 3.63) is 94.2 Å². The van der Waals surface area contributed by atoms with Gasteiger partial charge in [0, 0.05) is 42.2 Å². The van der Waals surface area contributed by atoms with Gasteiger partial charge >= 0.3 is 6.03 Å². The standard InChI is InChI=1S/C22H16F2N6O3/c23-17-9-19-20(10-18(17)24)29-21(12-25-19)26-11-13-3-1-4-14(7-13)27-22(31)28-15-5-2-6-16(8-15)30(32)33/h1-10,12H,11H2,(H,26,29)(H2,27,28,31). The van der Waals surface area contributed by atoms with Crippen molar-refractivity contribution in [2.75, 3.05) is 16.0 Å². The van der Waals surface area contributed by atoms with Gasteiger partial charge in [-0.05, 0) is 23.8 Å². The molecule has 1 heterocycles. The molecule has 0 radical (unpaired) electrons. The number of urea groups is 1. The van der Waals surface area contributed by atoms with Crippen molar-refractivity contribution in [2.45, 2.75) is 6.54 Å². The van der Waals surface area contributed by atoms with Crippen molar-refractivity contribution in [3.8, 4) is 0 Å². The van der Waals surface area contributed by atoms with Crippen LogP contribution < -0.4 is 16.0 Å². The van der Waals surface area contributed by atoms with E-state index >= 15 is 0 Å². The number of anilines is 3. The number of hydrogen-bond donors (Lipinski definition) is 3. The summed E-state index contributed by atoms with van der Waals surface area (Å²) in [6, 6.07) is 14.0. The SMILES string of the molecule is O=C(Nc1cccc(CNc2cnc3cc(F)c(F)cc3n2)c1)Nc1cccc([N+](=O)[O-])c1. The van der Waals surface area contributed by atoms with Gasteiger partial charge in [0.15, 0.2) is 11.6 Å². The zero-order chi connectivity index (χ0) is 23.4. The molecule has 3 aromatic carbocycles. The molecule has 4 aromatic rings. The van der Waals surface area contributed by atoms with Crippen LogP contribution in [0.25, 0.3) is 11.0 Å². The fourth-order valence-corrected chi connectivity index (χ4v) is 3.04. The lowest BCUT2D eigenvalue weighted by Gasteiger charge is -2.10. The van der Waals surface area contributed by atoms with Gasteiger partial charge in [0.25, 0.3) is 5.69 Å². The minimum absolute atomic E-state index is 0.134. The number of aromatic nitrogens is 2. The molecule has 166 valence electrons. The number of nitrogens with zero attached hydrogens (tertiary/aromatic N) is 3. The predicted molar refractivity (Wildman–Crippen MR) is 119 cm³/mol. The molecule has 9 nitrogen and oxygen atoms in total. The van der Waals surface area contributed by atoms with Crippen LogP contribution in [0.1, 0.15) is 5.56 Å². The average molecular weight is 450 g/mol. The van der Waals surface area contributed by atoms with Crippen LogP contribution in [-0.2, 0) is 6.54 Å². The second-order valence-electron chi connectivity index (χ2n) is 6.95. The lowest BCUT2D eigenvalue weighted by molar-refractivity contribution is -0.384. The summed E-state index contributed by atoms with van der Waals surface area (Å²) in [5.74, 6) is -1.62. The molecular formula is C22H16F2N6O3. The Labute approximate surface area is 185 Å². The second-order valence-corrected chi connectivity index (χ2v) is 6.95. The van der Waals surface area contributed by atoms with E-state index < -0.39 is 22.6 Å². The molecular weight excluding hydrogens is 434 g/mol. The number of carbonyl (C=O) groups excluding carboxylic acids is 1. The maximum atomic E-state index is 13.4. The van der Waals surface area contributed by atoms with Crippen molar-refractivity contribution < 1.29 is 18.5 Å². The van der Waals surface area contributed by atoms with Gasteiger partial charge in [-0.3, -0.25) is 15.1 Å². The van der Waals surface area contributed by atoms with E-state index in [4.69, 9.17) is 0 Å². The van der Waals surface area contributed by atoms with Crippen LogP contribution in [0.4, 0.5) is 36.5 Å². The summed E-state index contributed by atoms with van der Waals surface area (Å²) in [7, 11) is 0. The van der Waals surface area contributed by atoms with Crippen molar-refractivity contribution in [3.63, 3.8) is 0 Å². The normalized spacial score (nSPS) is 10.6. The molecule has 0 saturated heterocycles. The Hall–Kier alpha value is -4.67. The number of halogens is 2. The predicted octanol–water partition coefficient (Wildman–Crippen LogP) is 5.07. The number of fused-ring (bicyclic) bond motifs is 1. The molecule has 0 atom stereocenters. The van der Waals surface area contributed by atoms with Crippen LogP contribution in [-0.4, -0.2) is 20.9 Å². The van der Waals surface area contributed by atoms with Crippen molar-refractivity contribution in [1.82, 2.24) is 9.97 Å². The maximum absolute atomic E-state index is 13.4. The lowest BCUT2D eigenvalue weighted by atomic mass is 10.2. The number of nitrogens with one attached hydrogen (secondary N) is 3. The molecule has 0 fully saturated rings. The molecule has 11 heteroatoms. The van der Waals surface area contributed by atoms with E-state index in [2.05, 4.69) is 25.9 Å². The number of non-ortho nitro benzene ring substituents is 1. The number of carbonyl (C=O) groups is 1. The van der Waals surface area contributed by atoms with Crippen LogP contribution >= 0.6 is 0 Å². The third-order valence-electron chi connectivity index (χ3n) is 4.56. The first-order valence-corrected chi connectivity index (χ1v) is 9.64. The molecule has 0 unspecified atom stereocenters. The van der Waals surface area contributed by atoms with Gasteiger partial charge in [-0.1, -0.05) is 18.2 Å². The zero-order valence-electron chi connectivity index (χ0n) is 16.9. The van der Waals surface area contributed by atoms with Gasteiger partial charge in [0.2, 0.25) is 0 Å². The van der Waals surface area contributed by atoms with Gasteiger partial charge in [0.1, 0.15) is 5.82 Å². The summed E-state index contributed by atoms with van der Waals surface area (Å²) in [6.45, 7) is 0.325. The molecule has 0 spiro atoms. The van der Waals surface area contributed by atoms with Gasteiger partial charge in [-0.2, -0.15) is 0 Å². The molecule has 4 rings (SSSR count). The van der Waals surface area contributed by atoms with Gasteiger partial charge in [-0.15, -0.1) is 0 Å². The van der Waals surface area contributed by atoms with Crippen LogP contribution in [0, 0.1) is 21.7 Å². The minimum Gasteiger partial charge on any atom is -0.365 e. The largest absolute Gasteiger partial charge is 0.365 e. The third kappa shape index (κ3) is 5.34. The third-order valence-corrected chi connectivity index (χ3v) is 4.56. The highest BCUT2D eigenvalue weighted by atomic mass is 19.2. The van der Waals surface area contributed by atoms with E-state index in [1.807, 2.05) is 6.07 Å². The van der Waals surface area contributed by atoms with Crippen molar-refractivity contribution in [1.29, 1.82) is 0 Å². The van der Waals surface area contributed by atoms with Crippen LogP contribution in [0.15, 0.2) is 66.9 Å². The topological polar surface area (TPSA) is 122 Å². The molecule has 0 bridgehead atoms. The van der Waals surface area contributed by atoms with Crippen molar-refractivity contribution >= 4 is 39.9 Å². The number of rotatable bonds is 6. The summed E-state index contributed by atoms with van der Waals surface area (Å²) in [4.78, 5) is 30.8. The Morgan fingerprint density at radius 3 is 2.33 bits per heavy atom. The van der Waals surface area contributed by atoms with Crippen LogP contribution in [0.3, 0.4) is 0 Å². The smallest absolute Gasteiger partial charge is 0.323 e. The number of amides is 2. The number of benzene rings is 3. The monoisotopic (exact) mass is 450 g/mol. The Balaban J connectivity index is 1.39. The fourth-order valence-electron chi connectivity index (χ4n) is 3.04. The Morgan fingerprint density at radius 2 is 1.61 bits per heavy atom. The first kappa shape index (κ1) is 21.6. The molecule has 0 saturated carbocycles. The molecule has 1 aromatic heterocycles. The van der Waals surface area contributed by atoms with Gasteiger partial charge < -0.3 is 16.0 Å². The zero-order valence-corrected chi connectivity index (χ0v) is 16.9. The second kappa shape index (κ2) is 9.22. The van der Waals surface area contributed by atoms with Gasteiger partial charge in [-0.25, -0.2) is 18.6 Å². The molecule has 3 N–H and O–H groups in total. The fraction of sp³-hybridized carbons (Fsp3) is 0.0455. The van der Waals surface area contributed by atoms with E-state index in [0.29, 0.717) is 18.1 Å². The molecule has 0 aliphatic rings. The highest BCUT2D eigenvalue weighted by molar-refractivity contribution is 5.99. The first-order valence-electron chi connectivity index (χ1n) is 9.64. The molecule has 33 heavy (non-hydrogen) atoms. The summed E-state index contributed by atoms with van der Waals surface area (Å²) in [6.07, 6.45) is 1.41. The van der Waals surface area contributed by atoms with Crippen LogP contribution in [0.2, 0.25) is 0 Å². The quantitative estimate of drug-likeness (QED) is 0.278. The lowest BCUT2D eigenvalue weighted by Crippen LogP contribution is -2.19. The number of hydrogen-bond acceptors (Lipinski definition) is 6. The Kier molecular flexibility index (Phi) is 6.02. The minimum atomic E-state index is -1.00. The van der Waals surface area contributed by atoms with E-state index in [1.165, 1.54) is 30.5 Å². The van der Waals surface area contributed by atoms with E-state index in [1.54, 1.807) is 18.2 Å². The highest BCUT2D eigenvalue weighted by Crippen LogP contribution is 2.19. The van der Waals surface area contributed by atoms with E-state index in [0.717, 1.165) is 17.7 Å². The number of nitro groups is 1. The van der Waals surface area contributed by atoms with E-state index in [-0.39, 0.29) is 22.4 Å². The highest BCUT2D eigenvalue weighted by Gasteiger charge is 2.09. The first-order chi connectivity index (χ1) is 15.9. The summed E-state index contributed by atoms with van der Waals surface area (Å²) in [5.41, 5.74) is 1.90. The number of nitro benzene ring substituents is 1. The van der Waals surface area contributed by atoms with Crippen molar-refractivity contribution in [2.24, 2.45) is 0 Å².